The summed E-state index contributed by atoms with van der Waals surface area (Å²) in [6.45, 7) is 0.168. The fourth-order valence-electron chi connectivity index (χ4n) is 3.58. The van der Waals surface area contributed by atoms with Crippen LogP contribution in [0.5, 0.6) is 0 Å². The highest BCUT2D eigenvalue weighted by atomic mass is 32.1. The number of hydrogen-bond acceptors (Lipinski definition) is 3. The topological polar surface area (TPSA) is 66.8 Å². The van der Waals surface area contributed by atoms with Crippen LogP contribution in [0.2, 0.25) is 0 Å². The summed E-state index contributed by atoms with van der Waals surface area (Å²) in [4.78, 5) is 17.1. The van der Waals surface area contributed by atoms with Crippen LogP contribution in [-0.4, -0.2) is 22.1 Å². The van der Waals surface area contributed by atoms with Crippen LogP contribution in [0.4, 0.5) is 0 Å². The van der Waals surface area contributed by atoms with Crippen molar-refractivity contribution < 1.29 is 18.9 Å². The smallest absolute Gasteiger partial charge is 0.303 e. The average molecular weight is 439 g/mol. The minimum atomic E-state index is -4.26. The molecule has 0 saturated heterocycles. The number of hydrogen-bond donors (Lipinski definition) is 3. The molecule has 0 amide bonds. The van der Waals surface area contributed by atoms with E-state index in [1.165, 1.54) is 109 Å². The van der Waals surface area contributed by atoms with E-state index in [4.69, 9.17) is 9.79 Å². The van der Waals surface area contributed by atoms with Crippen molar-refractivity contribution in [3.63, 3.8) is 0 Å². The summed E-state index contributed by atoms with van der Waals surface area (Å²) in [5.74, 6) is 1.04. The van der Waals surface area contributed by atoms with E-state index in [1.54, 1.807) is 0 Å². The third-order valence-corrected chi connectivity index (χ3v) is 6.15. The molecular formula is C22H47O4PS. The largest absolute Gasteiger partial charge is 0.469 e. The molecule has 0 saturated carbocycles. The maximum Gasteiger partial charge on any atom is 0.469 e. The van der Waals surface area contributed by atoms with Gasteiger partial charge >= 0.3 is 7.82 Å². The molecule has 0 atom stereocenters. The zero-order valence-corrected chi connectivity index (χ0v) is 20.0. The lowest BCUT2D eigenvalue weighted by atomic mass is 10.0. The van der Waals surface area contributed by atoms with E-state index in [-0.39, 0.29) is 6.61 Å². The molecule has 0 aromatic carbocycles. The van der Waals surface area contributed by atoms with Crippen molar-refractivity contribution in [3.8, 4) is 0 Å². The van der Waals surface area contributed by atoms with E-state index < -0.39 is 7.82 Å². The van der Waals surface area contributed by atoms with Crippen molar-refractivity contribution in [2.45, 2.75) is 128 Å². The molecule has 0 aliphatic heterocycles. The minimum Gasteiger partial charge on any atom is -0.303 e. The molecule has 170 valence electrons. The van der Waals surface area contributed by atoms with Crippen molar-refractivity contribution in [1.29, 1.82) is 0 Å². The molecule has 0 fully saturated rings. The van der Waals surface area contributed by atoms with E-state index in [0.717, 1.165) is 25.0 Å². The van der Waals surface area contributed by atoms with Gasteiger partial charge in [0.2, 0.25) is 0 Å². The SMILES string of the molecule is O=P(O)(O)OCCCCCCCCCCCCCCCCCCCCCCS. The molecule has 4 nitrogen and oxygen atoms in total. The average Bonchev–Trinajstić information content (AvgIpc) is 2.65. The highest BCUT2D eigenvalue weighted by molar-refractivity contribution is 7.80. The van der Waals surface area contributed by atoms with Crippen LogP contribution in [0, 0.1) is 0 Å². The lowest BCUT2D eigenvalue weighted by Gasteiger charge is -2.05. The Morgan fingerprint density at radius 3 is 1.00 bits per heavy atom. The predicted octanol–water partition coefficient (Wildman–Crippen LogP) is 7.83. The van der Waals surface area contributed by atoms with E-state index in [2.05, 4.69) is 17.2 Å². The third kappa shape index (κ3) is 26.5. The van der Waals surface area contributed by atoms with Crippen molar-refractivity contribution in [3.05, 3.63) is 0 Å². The van der Waals surface area contributed by atoms with Gasteiger partial charge in [0.05, 0.1) is 6.61 Å². The van der Waals surface area contributed by atoms with Crippen LogP contribution in [-0.2, 0) is 9.09 Å². The van der Waals surface area contributed by atoms with Gasteiger partial charge in [-0.3, -0.25) is 4.52 Å². The summed E-state index contributed by atoms with van der Waals surface area (Å²) < 4.78 is 14.9. The van der Waals surface area contributed by atoms with Gasteiger partial charge < -0.3 is 9.79 Å². The standard InChI is InChI=1S/C22H47O4PS/c23-27(24,25)26-21-19-17-15-13-11-9-7-5-3-1-2-4-6-8-10-12-14-16-18-20-22-28/h28H,1-22H2,(H2,23,24,25). The molecule has 0 spiro atoms. The van der Waals surface area contributed by atoms with Gasteiger partial charge in [-0.15, -0.1) is 0 Å². The maximum atomic E-state index is 10.5. The first-order valence-corrected chi connectivity index (χ1v) is 14.0. The number of phosphoric acid groups is 1. The van der Waals surface area contributed by atoms with Gasteiger partial charge in [0, 0.05) is 0 Å². The van der Waals surface area contributed by atoms with Gasteiger partial charge in [-0.05, 0) is 18.6 Å². The van der Waals surface area contributed by atoms with Gasteiger partial charge in [0.15, 0.2) is 0 Å². The normalized spacial score (nSPS) is 12.0. The Kier molecular flexibility index (Phi) is 22.5. The molecule has 0 aliphatic carbocycles. The van der Waals surface area contributed by atoms with Gasteiger partial charge in [-0.1, -0.05) is 116 Å². The fourth-order valence-corrected chi connectivity index (χ4v) is 4.17. The Hall–Kier alpha value is 0.460. The highest BCUT2D eigenvalue weighted by Crippen LogP contribution is 2.35. The van der Waals surface area contributed by atoms with Crippen molar-refractivity contribution in [2.75, 3.05) is 12.4 Å². The van der Waals surface area contributed by atoms with Crippen LogP contribution < -0.4 is 0 Å². The number of phosphoric ester groups is 1. The molecule has 0 unspecified atom stereocenters. The lowest BCUT2D eigenvalue weighted by molar-refractivity contribution is 0.193. The molecule has 0 aromatic rings. The molecule has 0 radical (unpaired) electrons. The van der Waals surface area contributed by atoms with E-state index >= 15 is 0 Å². The zero-order valence-electron chi connectivity index (χ0n) is 18.2. The Balaban J connectivity index is 3.02. The maximum absolute atomic E-state index is 10.5. The van der Waals surface area contributed by atoms with Gasteiger partial charge in [-0.25, -0.2) is 4.57 Å². The summed E-state index contributed by atoms with van der Waals surface area (Å²) in [6, 6.07) is 0. The summed E-state index contributed by atoms with van der Waals surface area (Å²) >= 11 is 4.25. The van der Waals surface area contributed by atoms with Gasteiger partial charge in [-0.2, -0.15) is 12.6 Å². The summed E-state index contributed by atoms with van der Waals surface area (Å²) in [5.41, 5.74) is 0. The molecule has 0 aliphatic rings. The Morgan fingerprint density at radius 1 is 0.500 bits per heavy atom. The monoisotopic (exact) mass is 438 g/mol. The van der Waals surface area contributed by atoms with E-state index in [9.17, 15) is 4.57 Å². The molecule has 2 N–H and O–H groups in total. The van der Waals surface area contributed by atoms with Crippen LogP contribution in [0.1, 0.15) is 128 Å². The van der Waals surface area contributed by atoms with Crippen molar-refractivity contribution in [2.24, 2.45) is 0 Å². The predicted molar refractivity (Wildman–Crippen MR) is 124 cm³/mol. The fraction of sp³-hybridized carbons (Fsp3) is 1.00. The second-order valence-electron chi connectivity index (χ2n) is 8.12. The Bertz CT molecular complexity index is 349. The van der Waals surface area contributed by atoms with Crippen LogP contribution in [0.25, 0.3) is 0 Å². The van der Waals surface area contributed by atoms with Crippen LogP contribution in [0.3, 0.4) is 0 Å². The molecule has 0 heterocycles. The summed E-state index contributed by atoms with van der Waals surface area (Å²) in [5, 5.41) is 0. The molecular weight excluding hydrogens is 391 g/mol. The highest BCUT2D eigenvalue weighted by Gasteiger charge is 2.12. The zero-order chi connectivity index (χ0) is 20.8. The first-order chi connectivity index (χ1) is 13.6. The quantitative estimate of drug-likeness (QED) is 0.0864. The summed E-state index contributed by atoms with van der Waals surface area (Å²) in [7, 11) is -4.26. The second kappa shape index (κ2) is 22.2. The van der Waals surface area contributed by atoms with Crippen molar-refractivity contribution >= 4 is 20.5 Å². The van der Waals surface area contributed by atoms with Crippen LogP contribution in [0.15, 0.2) is 0 Å². The Morgan fingerprint density at radius 2 is 0.750 bits per heavy atom. The first kappa shape index (κ1) is 28.5. The van der Waals surface area contributed by atoms with Crippen molar-refractivity contribution in [1.82, 2.24) is 0 Å². The molecule has 0 rings (SSSR count). The van der Waals surface area contributed by atoms with E-state index in [1.807, 2.05) is 0 Å². The van der Waals surface area contributed by atoms with Crippen LogP contribution >= 0.6 is 20.5 Å². The molecule has 0 aromatic heterocycles. The second-order valence-corrected chi connectivity index (χ2v) is 9.81. The van der Waals surface area contributed by atoms with Gasteiger partial charge in [0.1, 0.15) is 0 Å². The summed E-state index contributed by atoms with van der Waals surface area (Å²) in [6.07, 6.45) is 26.2. The minimum absolute atomic E-state index is 0.168. The van der Waals surface area contributed by atoms with E-state index in [0.29, 0.717) is 0 Å². The molecule has 0 bridgehead atoms. The Labute approximate surface area is 180 Å². The van der Waals surface area contributed by atoms with Gasteiger partial charge in [0.25, 0.3) is 0 Å². The number of rotatable bonds is 23. The molecule has 28 heavy (non-hydrogen) atoms. The molecule has 6 heteroatoms. The lowest BCUT2D eigenvalue weighted by Crippen LogP contribution is -1.92. The first-order valence-electron chi connectivity index (χ1n) is 11.9. The third-order valence-electron chi connectivity index (χ3n) is 5.31. The number of thiol groups is 1. The number of unbranched alkanes of at least 4 members (excludes halogenated alkanes) is 19.